The molecule has 26 heavy (non-hydrogen) atoms. The minimum Gasteiger partial charge on any atom is -0.355 e. The van der Waals surface area contributed by atoms with E-state index in [0.717, 1.165) is 44.8 Å². The van der Waals surface area contributed by atoms with Crippen LogP contribution in [0.15, 0.2) is 41.2 Å². The minimum atomic E-state index is -0.436. The summed E-state index contributed by atoms with van der Waals surface area (Å²) in [5.41, 5.74) is 7.96. The molecule has 0 aliphatic rings. The molecule has 136 valence electrons. The fraction of sp³-hybridized carbons (Fsp3) is 0.286. The first-order valence-electron chi connectivity index (χ1n) is 8.50. The Kier molecular flexibility index (Phi) is 5.93. The van der Waals surface area contributed by atoms with Crippen LogP contribution in [0.25, 0.3) is 0 Å². The first-order chi connectivity index (χ1) is 12.2. The molecule has 2 rings (SSSR count). The van der Waals surface area contributed by atoms with Crippen LogP contribution in [0.4, 0.5) is 11.4 Å². The molecule has 0 amide bonds. The smallest absolute Gasteiger partial charge is 0.303 e. The third-order valence-electron chi connectivity index (χ3n) is 4.21. The molecule has 5 nitrogen and oxygen atoms in total. The predicted octanol–water partition coefficient (Wildman–Crippen LogP) is 5.47. The van der Waals surface area contributed by atoms with Gasteiger partial charge in [0.1, 0.15) is 6.21 Å². The number of aryl methyl sites for hydroxylation is 6. The van der Waals surface area contributed by atoms with Crippen molar-refractivity contribution in [1.82, 2.24) is 0 Å². The highest BCUT2D eigenvalue weighted by Crippen LogP contribution is 2.25. The molecule has 0 aliphatic heterocycles. The van der Waals surface area contributed by atoms with Gasteiger partial charge in [0.2, 0.25) is 0 Å². The number of nitro groups is 1. The van der Waals surface area contributed by atoms with E-state index in [1.165, 1.54) is 12.4 Å². The van der Waals surface area contributed by atoms with Crippen molar-refractivity contribution in [2.24, 2.45) is 4.99 Å². The normalized spacial score (nSPS) is 11.8. The average Bonchev–Trinajstić information content (AvgIpc) is 2.50. The van der Waals surface area contributed by atoms with Crippen LogP contribution in [-0.4, -0.2) is 11.1 Å². The highest BCUT2D eigenvalue weighted by Gasteiger charge is 2.10. The molecule has 0 saturated carbocycles. The number of allylic oxidation sites excluding steroid dienone is 1. The summed E-state index contributed by atoms with van der Waals surface area (Å²) in [7, 11) is 0. The van der Waals surface area contributed by atoms with Gasteiger partial charge in [-0.3, -0.25) is 10.1 Å². The molecular weight excluding hydrogens is 326 g/mol. The highest BCUT2D eigenvalue weighted by atomic mass is 16.6. The van der Waals surface area contributed by atoms with E-state index >= 15 is 0 Å². The van der Waals surface area contributed by atoms with E-state index in [-0.39, 0.29) is 5.70 Å². The van der Waals surface area contributed by atoms with Crippen molar-refractivity contribution < 1.29 is 4.92 Å². The highest BCUT2D eigenvalue weighted by molar-refractivity contribution is 5.80. The van der Waals surface area contributed by atoms with Crippen LogP contribution < -0.4 is 5.32 Å². The average molecular weight is 351 g/mol. The molecule has 0 fully saturated rings. The quantitative estimate of drug-likeness (QED) is 0.441. The van der Waals surface area contributed by atoms with E-state index in [4.69, 9.17) is 0 Å². The van der Waals surface area contributed by atoms with E-state index in [1.807, 2.05) is 65.8 Å². The van der Waals surface area contributed by atoms with Gasteiger partial charge in [0, 0.05) is 5.69 Å². The van der Waals surface area contributed by atoms with Crippen molar-refractivity contribution in [2.45, 2.75) is 41.5 Å². The molecule has 1 N–H and O–H groups in total. The summed E-state index contributed by atoms with van der Waals surface area (Å²) < 4.78 is 0. The first-order valence-corrected chi connectivity index (χ1v) is 8.50. The van der Waals surface area contributed by atoms with Crippen LogP contribution >= 0.6 is 0 Å². The lowest BCUT2D eigenvalue weighted by Gasteiger charge is -2.10. The molecule has 0 unspecified atom stereocenters. The Morgan fingerprint density at radius 2 is 1.38 bits per heavy atom. The molecule has 0 heterocycles. The number of anilines is 1. The number of nitrogens with zero attached hydrogens (tertiary/aromatic N) is 2. The van der Waals surface area contributed by atoms with Crippen molar-refractivity contribution in [3.63, 3.8) is 0 Å². The second kappa shape index (κ2) is 7.95. The van der Waals surface area contributed by atoms with Gasteiger partial charge in [-0.1, -0.05) is 35.4 Å². The summed E-state index contributed by atoms with van der Waals surface area (Å²) >= 11 is 0. The van der Waals surface area contributed by atoms with Crippen molar-refractivity contribution in [1.29, 1.82) is 0 Å². The van der Waals surface area contributed by atoms with E-state index in [1.54, 1.807) is 0 Å². The van der Waals surface area contributed by atoms with Crippen LogP contribution in [0.2, 0.25) is 0 Å². The van der Waals surface area contributed by atoms with Gasteiger partial charge in [0.05, 0.1) is 16.8 Å². The lowest BCUT2D eigenvalue weighted by atomic mass is 10.1. The van der Waals surface area contributed by atoms with Crippen molar-refractivity contribution in [3.05, 3.63) is 79.7 Å². The van der Waals surface area contributed by atoms with Crippen LogP contribution in [-0.2, 0) is 0 Å². The number of benzene rings is 2. The maximum Gasteiger partial charge on any atom is 0.303 e. The third kappa shape index (κ3) is 4.57. The number of rotatable bonds is 5. The second-order valence-corrected chi connectivity index (χ2v) is 6.75. The lowest BCUT2D eigenvalue weighted by molar-refractivity contribution is -0.414. The van der Waals surface area contributed by atoms with Gasteiger partial charge in [0.15, 0.2) is 0 Å². The predicted molar refractivity (Wildman–Crippen MR) is 108 cm³/mol. The molecule has 2 aromatic carbocycles. The van der Waals surface area contributed by atoms with Gasteiger partial charge in [-0.25, -0.2) is 4.99 Å². The number of nitrogens with one attached hydrogen (secondary N) is 1. The lowest BCUT2D eigenvalue weighted by Crippen LogP contribution is -2.05. The molecular formula is C21H25N3O2. The zero-order valence-corrected chi connectivity index (χ0v) is 16.2. The summed E-state index contributed by atoms with van der Waals surface area (Å²) in [6, 6.07) is 8.13. The molecule has 0 aromatic heterocycles. The van der Waals surface area contributed by atoms with Crippen LogP contribution in [0.5, 0.6) is 0 Å². The minimum absolute atomic E-state index is 0.0937. The zero-order valence-electron chi connectivity index (χ0n) is 16.2. The SMILES string of the molecule is Cc1cc(C)c(N=C/C(=C\Nc2c(C)cc(C)cc2C)[N+](=O)[O-])c(C)c1. The third-order valence-corrected chi connectivity index (χ3v) is 4.21. The fourth-order valence-electron chi connectivity index (χ4n) is 3.20. The van der Waals surface area contributed by atoms with Gasteiger partial charge in [-0.15, -0.1) is 0 Å². The van der Waals surface area contributed by atoms with Crippen molar-refractivity contribution in [2.75, 3.05) is 5.32 Å². The molecule has 2 aromatic rings. The Bertz CT molecular complexity index is 865. The number of hydrogen-bond donors (Lipinski definition) is 1. The number of hydrogen-bond acceptors (Lipinski definition) is 4. The molecule has 0 radical (unpaired) electrons. The standard InChI is InChI=1S/C21H25N3O2/c1-13-7-15(3)20(16(4)8-13)22-11-19(24(25)26)12-23-21-17(5)9-14(2)10-18(21)6/h7-12,22H,1-6H3/b19-11+,23-12?. The van der Waals surface area contributed by atoms with Gasteiger partial charge in [0.25, 0.3) is 0 Å². The molecule has 0 aliphatic carbocycles. The summed E-state index contributed by atoms with van der Waals surface area (Å²) in [5.74, 6) is 0. The largest absolute Gasteiger partial charge is 0.355 e. The van der Waals surface area contributed by atoms with Crippen LogP contribution in [0, 0.1) is 51.7 Å². The van der Waals surface area contributed by atoms with E-state index in [0.29, 0.717) is 0 Å². The monoisotopic (exact) mass is 351 g/mol. The van der Waals surface area contributed by atoms with Gasteiger partial charge < -0.3 is 5.32 Å². The molecule has 0 bridgehead atoms. The number of aliphatic imine (C=N–C) groups is 1. The summed E-state index contributed by atoms with van der Waals surface area (Å²) in [6.45, 7) is 11.9. The second-order valence-electron chi connectivity index (χ2n) is 6.75. The zero-order chi connectivity index (χ0) is 19.4. The van der Waals surface area contributed by atoms with Crippen LogP contribution in [0.1, 0.15) is 33.4 Å². The van der Waals surface area contributed by atoms with Crippen molar-refractivity contribution in [3.8, 4) is 0 Å². The van der Waals surface area contributed by atoms with Crippen LogP contribution in [0.3, 0.4) is 0 Å². The Hall–Kier alpha value is -2.95. The molecule has 0 atom stereocenters. The topological polar surface area (TPSA) is 67.5 Å². The molecule has 0 saturated heterocycles. The summed E-state index contributed by atoms with van der Waals surface area (Å²) in [4.78, 5) is 15.3. The van der Waals surface area contributed by atoms with E-state index < -0.39 is 4.92 Å². The Morgan fingerprint density at radius 1 is 0.923 bits per heavy atom. The van der Waals surface area contributed by atoms with Crippen molar-refractivity contribution >= 4 is 17.6 Å². The Balaban J connectivity index is 2.33. The Labute approximate surface area is 154 Å². The summed E-state index contributed by atoms with van der Waals surface area (Å²) in [5, 5.41) is 14.5. The molecule has 5 heteroatoms. The van der Waals surface area contributed by atoms with Gasteiger partial charge in [-0.05, 0) is 63.8 Å². The maximum absolute atomic E-state index is 11.4. The van der Waals surface area contributed by atoms with Gasteiger partial charge in [-0.2, -0.15) is 0 Å². The summed E-state index contributed by atoms with van der Waals surface area (Å²) in [6.07, 6.45) is 2.70. The Morgan fingerprint density at radius 3 is 1.85 bits per heavy atom. The van der Waals surface area contributed by atoms with Gasteiger partial charge >= 0.3 is 5.70 Å². The maximum atomic E-state index is 11.4. The molecule has 0 spiro atoms. The van der Waals surface area contributed by atoms with E-state index in [2.05, 4.69) is 10.3 Å². The first kappa shape index (κ1) is 19.4. The fourth-order valence-corrected chi connectivity index (χ4v) is 3.20. The van der Waals surface area contributed by atoms with E-state index in [9.17, 15) is 10.1 Å².